The van der Waals surface area contributed by atoms with Gasteiger partial charge in [0, 0.05) is 11.1 Å². The fraction of sp³-hybridized carbons (Fsp3) is 0.105. The van der Waals surface area contributed by atoms with Crippen molar-refractivity contribution >= 4 is 23.9 Å². The Morgan fingerprint density at radius 1 is 1.00 bits per heavy atom. The lowest BCUT2D eigenvalue weighted by Gasteiger charge is -2.13. The molecule has 0 spiro atoms. The molecule has 26 heavy (non-hydrogen) atoms. The van der Waals surface area contributed by atoms with E-state index >= 15 is 0 Å². The number of hydrogen-bond acceptors (Lipinski definition) is 4. The van der Waals surface area contributed by atoms with Crippen molar-refractivity contribution in [1.29, 1.82) is 0 Å². The van der Waals surface area contributed by atoms with Gasteiger partial charge in [0.2, 0.25) is 0 Å². The van der Waals surface area contributed by atoms with Crippen molar-refractivity contribution in [1.82, 2.24) is 10.6 Å². The Labute approximate surface area is 150 Å². The maximum atomic E-state index is 12.4. The topological polar surface area (TPSA) is 116 Å². The molecule has 0 aliphatic heterocycles. The van der Waals surface area contributed by atoms with Gasteiger partial charge in [0.15, 0.2) is 0 Å². The van der Waals surface area contributed by atoms with Gasteiger partial charge in [-0.25, -0.2) is 0 Å². The Hall–Kier alpha value is -3.61. The number of aromatic hydroxyl groups is 1. The molecule has 1 unspecified atom stereocenters. The summed E-state index contributed by atoms with van der Waals surface area (Å²) in [6, 6.07) is 13.3. The molecule has 7 nitrogen and oxygen atoms in total. The molecule has 4 N–H and O–H groups in total. The predicted octanol–water partition coefficient (Wildman–Crippen LogP) is 1.75. The molecule has 0 aromatic heterocycles. The number of carbonyl (C=O) groups excluding carboxylic acids is 2. The molecule has 0 bridgehead atoms. The second kappa shape index (κ2) is 8.48. The number of benzene rings is 2. The first kappa shape index (κ1) is 18.7. The summed E-state index contributed by atoms with van der Waals surface area (Å²) in [7, 11) is 0. The SMILES string of the molecule is CC(NC(=O)/C(=C\c1ccccc1O)NC(=O)c1ccccc1)C(=O)O. The second-order valence-electron chi connectivity index (χ2n) is 5.47. The maximum Gasteiger partial charge on any atom is 0.325 e. The number of hydrogen-bond donors (Lipinski definition) is 4. The first-order chi connectivity index (χ1) is 12.4. The van der Waals surface area contributed by atoms with Gasteiger partial charge >= 0.3 is 5.97 Å². The third kappa shape index (κ3) is 4.94. The number of nitrogens with one attached hydrogen (secondary N) is 2. The van der Waals surface area contributed by atoms with E-state index in [2.05, 4.69) is 10.6 Å². The molecule has 2 aromatic rings. The number of phenolic OH excluding ortho intramolecular Hbond substituents is 1. The summed E-state index contributed by atoms with van der Waals surface area (Å²) in [5, 5.41) is 23.6. The minimum atomic E-state index is -1.21. The van der Waals surface area contributed by atoms with Crippen LogP contribution in [0.15, 0.2) is 60.3 Å². The number of carbonyl (C=O) groups is 3. The normalized spacial score (nSPS) is 12.1. The van der Waals surface area contributed by atoms with Crippen molar-refractivity contribution in [3.63, 3.8) is 0 Å². The largest absolute Gasteiger partial charge is 0.507 e. The van der Waals surface area contributed by atoms with Gasteiger partial charge in [-0.05, 0) is 31.2 Å². The van der Waals surface area contributed by atoms with Crippen LogP contribution >= 0.6 is 0 Å². The average Bonchev–Trinajstić information content (AvgIpc) is 2.63. The van der Waals surface area contributed by atoms with Crippen LogP contribution < -0.4 is 10.6 Å². The van der Waals surface area contributed by atoms with Crippen LogP contribution in [-0.4, -0.2) is 34.0 Å². The Balaban J connectivity index is 2.32. The van der Waals surface area contributed by atoms with Crippen molar-refractivity contribution in [2.45, 2.75) is 13.0 Å². The van der Waals surface area contributed by atoms with Gasteiger partial charge in [-0.3, -0.25) is 14.4 Å². The van der Waals surface area contributed by atoms with Crippen LogP contribution in [0.4, 0.5) is 0 Å². The summed E-state index contributed by atoms with van der Waals surface area (Å²) in [6.07, 6.45) is 1.28. The third-order valence-electron chi connectivity index (χ3n) is 3.48. The van der Waals surface area contributed by atoms with Gasteiger partial charge in [0.25, 0.3) is 11.8 Å². The van der Waals surface area contributed by atoms with E-state index < -0.39 is 23.8 Å². The number of para-hydroxylation sites is 1. The molecule has 0 saturated heterocycles. The lowest BCUT2D eigenvalue weighted by Crippen LogP contribution is -2.42. The van der Waals surface area contributed by atoms with Crippen LogP contribution in [0.1, 0.15) is 22.8 Å². The fourth-order valence-corrected chi connectivity index (χ4v) is 2.04. The number of phenols is 1. The molecule has 7 heteroatoms. The number of aliphatic carboxylic acids is 1. The van der Waals surface area contributed by atoms with E-state index in [1.54, 1.807) is 48.5 Å². The van der Waals surface area contributed by atoms with Crippen molar-refractivity contribution in [3.05, 3.63) is 71.4 Å². The van der Waals surface area contributed by atoms with Gasteiger partial charge in [-0.2, -0.15) is 0 Å². The van der Waals surface area contributed by atoms with E-state index in [0.717, 1.165) is 0 Å². The molecule has 2 rings (SSSR count). The molecular formula is C19H18N2O5. The summed E-state index contributed by atoms with van der Waals surface area (Å²) in [5.41, 5.74) is 0.442. The zero-order valence-electron chi connectivity index (χ0n) is 14.0. The first-order valence-corrected chi connectivity index (χ1v) is 7.78. The van der Waals surface area contributed by atoms with Crippen molar-refractivity contribution < 1.29 is 24.6 Å². The summed E-state index contributed by atoms with van der Waals surface area (Å²) in [5.74, 6) is -2.62. The summed E-state index contributed by atoms with van der Waals surface area (Å²) >= 11 is 0. The number of rotatable bonds is 6. The number of carboxylic acid groups (broad SMARTS) is 1. The predicted molar refractivity (Wildman–Crippen MR) is 95.2 cm³/mol. The summed E-state index contributed by atoms with van der Waals surface area (Å²) in [4.78, 5) is 35.7. The summed E-state index contributed by atoms with van der Waals surface area (Å²) in [6.45, 7) is 1.30. The third-order valence-corrected chi connectivity index (χ3v) is 3.48. The van der Waals surface area contributed by atoms with Gasteiger partial charge in [0.1, 0.15) is 17.5 Å². The highest BCUT2D eigenvalue weighted by Gasteiger charge is 2.19. The lowest BCUT2D eigenvalue weighted by atomic mass is 10.1. The highest BCUT2D eigenvalue weighted by molar-refractivity contribution is 6.06. The van der Waals surface area contributed by atoms with E-state index in [0.29, 0.717) is 11.1 Å². The number of amides is 2. The minimum absolute atomic E-state index is 0.0851. The molecule has 0 heterocycles. The molecule has 134 valence electrons. The Bertz CT molecular complexity index is 846. The van der Waals surface area contributed by atoms with Crippen molar-refractivity contribution in [2.75, 3.05) is 0 Å². The van der Waals surface area contributed by atoms with Crippen LogP contribution in [-0.2, 0) is 9.59 Å². The van der Waals surface area contributed by atoms with Crippen molar-refractivity contribution in [2.24, 2.45) is 0 Å². The molecule has 0 radical (unpaired) electrons. The zero-order valence-corrected chi connectivity index (χ0v) is 14.0. The van der Waals surface area contributed by atoms with E-state index in [1.807, 2.05) is 0 Å². The fourth-order valence-electron chi connectivity index (χ4n) is 2.04. The quantitative estimate of drug-likeness (QED) is 0.590. The van der Waals surface area contributed by atoms with E-state index in [1.165, 1.54) is 19.1 Å². The zero-order chi connectivity index (χ0) is 19.1. The minimum Gasteiger partial charge on any atom is -0.507 e. The molecule has 0 aliphatic carbocycles. The average molecular weight is 354 g/mol. The van der Waals surface area contributed by atoms with Crippen LogP contribution in [0.2, 0.25) is 0 Å². The van der Waals surface area contributed by atoms with Crippen LogP contribution in [0.3, 0.4) is 0 Å². The monoisotopic (exact) mass is 354 g/mol. The highest BCUT2D eigenvalue weighted by atomic mass is 16.4. The standard InChI is InChI=1S/C19H18N2O5/c1-12(19(25)26)20-18(24)15(11-14-9-5-6-10-16(14)22)21-17(23)13-7-3-2-4-8-13/h2-12,22H,1H3,(H,20,24)(H,21,23)(H,25,26)/b15-11+. The van der Waals surface area contributed by atoms with E-state index in [-0.39, 0.29) is 11.4 Å². The van der Waals surface area contributed by atoms with Crippen molar-refractivity contribution in [3.8, 4) is 5.75 Å². The van der Waals surface area contributed by atoms with Gasteiger partial charge < -0.3 is 20.8 Å². The molecular weight excluding hydrogens is 336 g/mol. The molecule has 0 saturated carbocycles. The van der Waals surface area contributed by atoms with Gasteiger partial charge in [0.05, 0.1) is 0 Å². The van der Waals surface area contributed by atoms with Crippen LogP contribution in [0.25, 0.3) is 6.08 Å². The highest BCUT2D eigenvalue weighted by Crippen LogP contribution is 2.18. The molecule has 0 fully saturated rings. The second-order valence-corrected chi connectivity index (χ2v) is 5.47. The molecule has 2 aromatic carbocycles. The van der Waals surface area contributed by atoms with Gasteiger partial charge in [-0.1, -0.05) is 36.4 Å². The first-order valence-electron chi connectivity index (χ1n) is 7.78. The maximum absolute atomic E-state index is 12.4. The van der Waals surface area contributed by atoms with Crippen LogP contribution in [0.5, 0.6) is 5.75 Å². The summed E-state index contributed by atoms with van der Waals surface area (Å²) < 4.78 is 0. The Morgan fingerprint density at radius 2 is 1.62 bits per heavy atom. The molecule has 1 atom stereocenters. The van der Waals surface area contributed by atoms with E-state index in [9.17, 15) is 19.5 Å². The lowest BCUT2D eigenvalue weighted by molar-refractivity contribution is -0.140. The number of carboxylic acids is 1. The molecule has 0 aliphatic rings. The Kier molecular flexibility index (Phi) is 6.10. The van der Waals surface area contributed by atoms with Gasteiger partial charge in [-0.15, -0.1) is 0 Å². The smallest absolute Gasteiger partial charge is 0.325 e. The Morgan fingerprint density at radius 3 is 2.23 bits per heavy atom. The molecule has 2 amide bonds. The van der Waals surface area contributed by atoms with Crippen LogP contribution in [0, 0.1) is 0 Å². The van der Waals surface area contributed by atoms with E-state index in [4.69, 9.17) is 5.11 Å².